The molecule has 0 spiro atoms. The molecule has 27 heavy (non-hydrogen) atoms. The predicted octanol–water partition coefficient (Wildman–Crippen LogP) is 3.72. The van der Waals surface area contributed by atoms with Gasteiger partial charge in [-0.3, -0.25) is 4.79 Å². The van der Waals surface area contributed by atoms with Crippen LogP contribution in [-0.4, -0.2) is 21.2 Å². The number of halogens is 1. The van der Waals surface area contributed by atoms with Crippen LogP contribution < -0.4 is 5.73 Å². The van der Waals surface area contributed by atoms with Crippen LogP contribution in [-0.2, 0) is 0 Å². The molecule has 2 N–H and O–H groups in total. The van der Waals surface area contributed by atoms with Gasteiger partial charge in [0.1, 0.15) is 5.82 Å². The van der Waals surface area contributed by atoms with Crippen LogP contribution in [0.5, 0.6) is 0 Å². The summed E-state index contributed by atoms with van der Waals surface area (Å²) in [6.45, 7) is 0. The highest BCUT2D eigenvalue weighted by atomic mass is 19.1. The zero-order valence-corrected chi connectivity index (χ0v) is 14.1. The normalized spacial score (nSPS) is 12.4. The lowest BCUT2D eigenvalue weighted by Gasteiger charge is -2.10. The highest BCUT2D eigenvalue weighted by Gasteiger charge is 2.25. The average Bonchev–Trinajstić information content (AvgIpc) is 3.03. The molecule has 1 amide bonds. The largest absolute Gasteiger partial charge is 0.366 e. The van der Waals surface area contributed by atoms with Gasteiger partial charge < -0.3 is 5.73 Å². The van der Waals surface area contributed by atoms with E-state index in [9.17, 15) is 9.18 Å². The van der Waals surface area contributed by atoms with Crippen molar-refractivity contribution in [2.75, 3.05) is 0 Å². The molecule has 3 heterocycles. The number of nitrogens with zero attached hydrogens (tertiary/aromatic N) is 3. The Morgan fingerprint density at radius 1 is 1.04 bits per heavy atom. The highest BCUT2D eigenvalue weighted by molar-refractivity contribution is 6.22. The molecular formula is C21H13FN4O. The van der Waals surface area contributed by atoms with Crippen LogP contribution in [0.3, 0.4) is 0 Å². The van der Waals surface area contributed by atoms with Gasteiger partial charge in [-0.05, 0) is 24.3 Å². The quantitative estimate of drug-likeness (QED) is 0.523. The third kappa shape index (κ3) is 2.27. The number of carbonyl (C=O) groups is 1. The SMILES string of the molecule is NC(=O)c1cnn2ccc3c2c1-c1ccccc1N=C3c1cccc(F)c1. The number of hydrogen-bond acceptors (Lipinski definition) is 3. The number of para-hydroxylation sites is 1. The molecule has 0 saturated carbocycles. The minimum absolute atomic E-state index is 0.325. The molecule has 5 nitrogen and oxygen atoms in total. The number of fused-ring (bicyclic) bond motifs is 2. The third-order valence-electron chi connectivity index (χ3n) is 4.71. The summed E-state index contributed by atoms with van der Waals surface area (Å²) in [5.41, 5.74) is 10.9. The van der Waals surface area contributed by atoms with Gasteiger partial charge in [-0.25, -0.2) is 13.9 Å². The minimum Gasteiger partial charge on any atom is -0.366 e. The molecule has 1 aliphatic rings. The van der Waals surface area contributed by atoms with E-state index in [0.717, 1.165) is 16.6 Å². The maximum Gasteiger partial charge on any atom is 0.251 e. The number of aromatic nitrogens is 2. The smallest absolute Gasteiger partial charge is 0.251 e. The molecule has 0 aliphatic carbocycles. The summed E-state index contributed by atoms with van der Waals surface area (Å²) in [4.78, 5) is 16.9. The fourth-order valence-corrected chi connectivity index (χ4v) is 3.55. The molecule has 0 atom stereocenters. The number of hydrogen-bond donors (Lipinski definition) is 1. The van der Waals surface area contributed by atoms with Gasteiger partial charge in [-0.1, -0.05) is 30.3 Å². The fourth-order valence-electron chi connectivity index (χ4n) is 3.55. The van der Waals surface area contributed by atoms with Gasteiger partial charge in [-0.15, -0.1) is 0 Å². The lowest BCUT2D eigenvalue weighted by Crippen LogP contribution is -2.14. The molecular weight excluding hydrogens is 343 g/mol. The second-order valence-corrected chi connectivity index (χ2v) is 6.31. The molecule has 0 unspecified atom stereocenters. The van der Waals surface area contributed by atoms with Gasteiger partial charge in [0.05, 0.1) is 28.7 Å². The van der Waals surface area contributed by atoms with Gasteiger partial charge in [0, 0.05) is 28.5 Å². The number of carbonyl (C=O) groups excluding carboxylic acids is 1. The Kier molecular flexibility index (Phi) is 3.21. The average molecular weight is 356 g/mol. The molecule has 5 rings (SSSR count). The molecule has 0 bridgehead atoms. The van der Waals surface area contributed by atoms with Crippen molar-refractivity contribution >= 4 is 22.8 Å². The van der Waals surface area contributed by atoms with Crippen molar-refractivity contribution in [1.82, 2.24) is 9.61 Å². The summed E-state index contributed by atoms with van der Waals surface area (Å²) in [6.07, 6.45) is 3.26. The van der Waals surface area contributed by atoms with Crippen LogP contribution in [0.4, 0.5) is 10.1 Å². The van der Waals surface area contributed by atoms with E-state index >= 15 is 0 Å². The lowest BCUT2D eigenvalue weighted by atomic mass is 9.96. The molecule has 2 aromatic carbocycles. The first-order valence-electron chi connectivity index (χ1n) is 8.38. The lowest BCUT2D eigenvalue weighted by molar-refractivity contribution is 0.100. The first-order valence-corrected chi connectivity index (χ1v) is 8.38. The van der Waals surface area contributed by atoms with Gasteiger partial charge >= 0.3 is 0 Å². The number of primary amides is 1. The van der Waals surface area contributed by atoms with Crippen molar-refractivity contribution in [3.8, 4) is 11.1 Å². The van der Waals surface area contributed by atoms with Crippen molar-refractivity contribution in [3.05, 3.63) is 89.5 Å². The standard InChI is InChI=1S/C21H13FN4O/c22-13-5-3-4-12(10-13)19-15-8-9-26-20(15)18(16(11-24-26)21(23)27)14-6-1-2-7-17(14)25-19/h1-11H,(H2,23,27). The van der Waals surface area contributed by atoms with Crippen LogP contribution in [0, 0.1) is 5.82 Å². The molecule has 4 aromatic rings. The summed E-state index contributed by atoms with van der Waals surface area (Å²) in [5, 5.41) is 4.31. The van der Waals surface area contributed by atoms with Gasteiger partial charge in [0.15, 0.2) is 0 Å². The Labute approximate surface area is 153 Å². The zero-order valence-electron chi connectivity index (χ0n) is 14.1. The Bertz CT molecular complexity index is 1270. The summed E-state index contributed by atoms with van der Waals surface area (Å²) in [6, 6.07) is 15.7. The van der Waals surface area contributed by atoms with Crippen LogP contribution in [0.25, 0.3) is 16.6 Å². The molecule has 0 saturated heterocycles. The second-order valence-electron chi connectivity index (χ2n) is 6.31. The van der Waals surface area contributed by atoms with Crippen LogP contribution in [0.2, 0.25) is 0 Å². The zero-order chi connectivity index (χ0) is 18.5. The topological polar surface area (TPSA) is 72.8 Å². The number of benzene rings is 2. The molecule has 1 aliphatic heterocycles. The van der Waals surface area contributed by atoms with Gasteiger partial charge in [-0.2, -0.15) is 5.10 Å². The van der Waals surface area contributed by atoms with E-state index in [0.29, 0.717) is 28.1 Å². The number of rotatable bonds is 2. The maximum absolute atomic E-state index is 13.9. The maximum atomic E-state index is 13.9. The van der Waals surface area contributed by atoms with E-state index in [1.54, 1.807) is 16.8 Å². The predicted molar refractivity (Wildman–Crippen MR) is 101 cm³/mol. The Balaban J connectivity index is 1.96. The molecule has 0 radical (unpaired) electrons. The number of amides is 1. The van der Waals surface area contributed by atoms with E-state index < -0.39 is 5.91 Å². The van der Waals surface area contributed by atoms with Gasteiger partial charge in [0.2, 0.25) is 0 Å². The van der Waals surface area contributed by atoms with Crippen molar-refractivity contribution in [1.29, 1.82) is 0 Å². The Hall–Kier alpha value is -3.80. The first-order chi connectivity index (χ1) is 13.1. The number of nitrogens with two attached hydrogens (primary N) is 1. The van der Waals surface area contributed by atoms with E-state index in [4.69, 9.17) is 10.7 Å². The van der Waals surface area contributed by atoms with Gasteiger partial charge in [0.25, 0.3) is 5.91 Å². The van der Waals surface area contributed by atoms with E-state index in [-0.39, 0.29) is 5.82 Å². The van der Waals surface area contributed by atoms with Crippen molar-refractivity contribution in [3.63, 3.8) is 0 Å². The Morgan fingerprint density at radius 2 is 1.89 bits per heavy atom. The molecule has 130 valence electrons. The first kappa shape index (κ1) is 15.5. The van der Waals surface area contributed by atoms with E-state index in [1.807, 2.05) is 36.4 Å². The van der Waals surface area contributed by atoms with Crippen LogP contribution in [0.15, 0.2) is 72.0 Å². The summed E-state index contributed by atoms with van der Waals surface area (Å²) in [7, 11) is 0. The van der Waals surface area contributed by atoms with Crippen molar-refractivity contribution in [2.45, 2.75) is 0 Å². The minimum atomic E-state index is -0.559. The van der Waals surface area contributed by atoms with Crippen LogP contribution >= 0.6 is 0 Å². The molecule has 2 aromatic heterocycles. The molecule has 6 heteroatoms. The summed E-state index contributed by atoms with van der Waals surface area (Å²) < 4.78 is 15.6. The second kappa shape index (κ2) is 5.60. The highest BCUT2D eigenvalue weighted by Crippen LogP contribution is 2.40. The Morgan fingerprint density at radius 3 is 2.70 bits per heavy atom. The molecule has 0 fully saturated rings. The number of aliphatic imine (C=N–C) groups is 1. The van der Waals surface area contributed by atoms with E-state index in [2.05, 4.69) is 5.10 Å². The van der Waals surface area contributed by atoms with E-state index in [1.165, 1.54) is 18.3 Å². The van der Waals surface area contributed by atoms with Crippen molar-refractivity contribution < 1.29 is 9.18 Å². The monoisotopic (exact) mass is 356 g/mol. The third-order valence-corrected chi connectivity index (χ3v) is 4.71. The van der Waals surface area contributed by atoms with Crippen molar-refractivity contribution in [2.24, 2.45) is 10.7 Å². The fraction of sp³-hybridized carbons (Fsp3) is 0. The summed E-state index contributed by atoms with van der Waals surface area (Å²) in [5.74, 6) is -0.899. The van der Waals surface area contributed by atoms with Crippen LogP contribution in [0.1, 0.15) is 21.5 Å². The summed E-state index contributed by atoms with van der Waals surface area (Å²) >= 11 is 0.